The van der Waals surface area contributed by atoms with Gasteiger partial charge in [0.1, 0.15) is 5.56 Å². The molecule has 1 aromatic heterocycles. The van der Waals surface area contributed by atoms with Gasteiger partial charge in [-0.05, 0) is 6.07 Å². The number of carbonyl (C=O) groups excluding carboxylic acids is 1. The molecule has 98 valence electrons. The number of hydrogen-bond acceptors (Lipinski definition) is 5. The first-order valence-electron chi connectivity index (χ1n) is 5.02. The number of anilines is 2. The van der Waals surface area contributed by atoms with Crippen molar-refractivity contribution in [2.45, 2.75) is 0 Å². The summed E-state index contributed by atoms with van der Waals surface area (Å²) in [5.41, 5.74) is 4.29. The number of carbonyl (C=O) groups is 1. The molecule has 4 N–H and O–H groups in total. The molecule has 19 heavy (non-hydrogen) atoms. The third kappa shape index (κ3) is 2.49. The van der Waals surface area contributed by atoms with Gasteiger partial charge in [-0.25, -0.2) is 4.39 Å². The van der Waals surface area contributed by atoms with Crippen molar-refractivity contribution in [2.24, 2.45) is 0 Å². The molecule has 0 unspecified atom stereocenters. The minimum absolute atomic E-state index is 0.321. The van der Waals surface area contributed by atoms with Crippen LogP contribution in [0.15, 0.2) is 24.5 Å². The van der Waals surface area contributed by atoms with Crippen LogP contribution in [0.3, 0.4) is 0 Å². The zero-order valence-electron chi connectivity index (χ0n) is 9.38. The van der Waals surface area contributed by atoms with Crippen LogP contribution in [0.5, 0.6) is 0 Å². The van der Waals surface area contributed by atoms with Gasteiger partial charge in [0.2, 0.25) is 0 Å². The Morgan fingerprint density at radius 1 is 1.53 bits per heavy atom. The average Bonchev–Trinajstić information content (AvgIpc) is 2.84. The number of amides is 1. The Morgan fingerprint density at radius 2 is 2.26 bits per heavy atom. The molecule has 2 rings (SSSR count). The lowest BCUT2D eigenvalue weighted by Gasteiger charge is -2.05. The molecule has 0 saturated carbocycles. The first-order valence-corrected chi connectivity index (χ1v) is 5.02. The van der Waals surface area contributed by atoms with E-state index >= 15 is 0 Å². The Kier molecular flexibility index (Phi) is 3.10. The van der Waals surface area contributed by atoms with Crippen molar-refractivity contribution in [2.75, 3.05) is 11.1 Å². The number of aromatic nitrogens is 2. The SMILES string of the molecule is Nc1cc(C(=O)Nc2cn[nH]c2)c([N+](=O)[O-])cc1F. The topological polar surface area (TPSA) is 127 Å². The summed E-state index contributed by atoms with van der Waals surface area (Å²) in [6.07, 6.45) is 2.70. The van der Waals surface area contributed by atoms with Gasteiger partial charge in [-0.1, -0.05) is 0 Å². The van der Waals surface area contributed by atoms with Crippen LogP contribution in [0, 0.1) is 15.9 Å². The van der Waals surface area contributed by atoms with Crippen molar-refractivity contribution in [1.82, 2.24) is 10.2 Å². The molecular formula is C10H8FN5O3. The highest BCUT2D eigenvalue weighted by atomic mass is 19.1. The molecule has 0 spiro atoms. The summed E-state index contributed by atoms with van der Waals surface area (Å²) >= 11 is 0. The van der Waals surface area contributed by atoms with E-state index in [1.165, 1.54) is 12.4 Å². The van der Waals surface area contributed by atoms with Crippen molar-refractivity contribution in [3.8, 4) is 0 Å². The zero-order chi connectivity index (χ0) is 14.0. The molecule has 1 heterocycles. The summed E-state index contributed by atoms with van der Waals surface area (Å²) in [5, 5.41) is 19.2. The van der Waals surface area contributed by atoms with Crippen molar-refractivity contribution in [3.63, 3.8) is 0 Å². The number of halogens is 1. The molecule has 0 atom stereocenters. The Labute approximate surface area is 105 Å². The molecule has 0 bridgehead atoms. The summed E-state index contributed by atoms with van der Waals surface area (Å²) in [6.45, 7) is 0. The molecule has 8 nitrogen and oxygen atoms in total. The number of nitrogen functional groups attached to an aromatic ring is 1. The predicted octanol–water partition coefficient (Wildman–Crippen LogP) is 1.29. The number of nitro groups is 1. The average molecular weight is 265 g/mol. The van der Waals surface area contributed by atoms with E-state index in [4.69, 9.17) is 5.73 Å². The van der Waals surface area contributed by atoms with Gasteiger partial charge in [-0.15, -0.1) is 0 Å². The van der Waals surface area contributed by atoms with Crippen LogP contribution < -0.4 is 11.1 Å². The Hall–Kier alpha value is -2.97. The summed E-state index contributed by atoms with van der Waals surface area (Å²) < 4.78 is 13.2. The van der Waals surface area contributed by atoms with E-state index in [1.807, 2.05) is 0 Å². The third-order valence-electron chi connectivity index (χ3n) is 2.31. The Morgan fingerprint density at radius 3 is 2.84 bits per heavy atom. The number of nitrogens with two attached hydrogens (primary N) is 1. The van der Waals surface area contributed by atoms with E-state index < -0.39 is 22.3 Å². The zero-order valence-corrected chi connectivity index (χ0v) is 9.38. The van der Waals surface area contributed by atoms with Crippen LogP contribution in [-0.2, 0) is 0 Å². The molecular weight excluding hydrogens is 257 g/mol. The number of rotatable bonds is 3. The number of benzene rings is 1. The highest BCUT2D eigenvalue weighted by molar-refractivity contribution is 6.07. The Balaban J connectivity index is 2.40. The normalized spacial score (nSPS) is 10.2. The van der Waals surface area contributed by atoms with E-state index in [0.717, 1.165) is 6.07 Å². The molecule has 0 saturated heterocycles. The lowest BCUT2D eigenvalue weighted by molar-refractivity contribution is -0.385. The lowest BCUT2D eigenvalue weighted by Crippen LogP contribution is -2.14. The third-order valence-corrected chi connectivity index (χ3v) is 2.31. The number of nitro benzene ring substituents is 1. The van der Waals surface area contributed by atoms with E-state index in [0.29, 0.717) is 11.8 Å². The predicted molar refractivity (Wildman–Crippen MR) is 64.0 cm³/mol. The maximum absolute atomic E-state index is 13.2. The second kappa shape index (κ2) is 4.72. The van der Waals surface area contributed by atoms with Crippen LogP contribution in [0.4, 0.5) is 21.5 Å². The second-order valence-electron chi connectivity index (χ2n) is 3.59. The number of nitrogens with one attached hydrogen (secondary N) is 2. The van der Waals surface area contributed by atoms with Crippen molar-refractivity contribution in [3.05, 3.63) is 46.0 Å². The molecule has 9 heteroatoms. The van der Waals surface area contributed by atoms with E-state index in [9.17, 15) is 19.3 Å². The van der Waals surface area contributed by atoms with Gasteiger partial charge in [0.05, 0.1) is 28.6 Å². The molecule has 2 aromatic rings. The molecule has 0 aliphatic heterocycles. The van der Waals surface area contributed by atoms with Gasteiger partial charge >= 0.3 is 0 Å². The number of hydrogen-bond donors (Lipinski definition) is 3. The maximum Gasteiger partial charge on any atom is 0.285 e. The van der Waals surface area contributed by atoms with Crippen LogP contribution in [0.25, 0.3) is 0 Å². The quantitative estimate of drug-likeness (QED) is 0.437. The van der Waals surface area contributed by atoms with E-state index in [1.54, 1.807) is 0 Å². The van der Waals surface area contributed by atoms with Crippen LogP contribution in [0.2, 0.25) is 0 Å². The fraction of sp³-hybridized carbons (Fsp3) is 0. The second-order valence-corrected chi connectivity index (χ2v) is 3.59. The van der Waals surface area contributed by atoms with Gasteiger partial charge in [-0.3, -0.25) is 20.0 Å². The smallest absolute Gasteiger partial charge is 0.285 e. The monoisotopic (exact) mass is 265 g/mol. The van der Waals surface area contributed by atoms with Gasteiger partial charge in [-0.2, -0.15) is 5.10 Å². The van der Waals surface area contributed by atoms with Crippen LogP contribution in [0.1, 0.15) is 10.4 Å². The van der Waals surface area contributed by atoms with Crippen LogP contribution >= 0.6 is 0 Å². The van der Waals surface area contributed by atoms with Crippen molar-refractivity contribution in [1.29, 1.82) is 0 Å². The van der Waals surface area contributed by atoms with E-state index in [2.05, 4.69) is 15.5 Å². The van der Waals surface area contributed by atoms with Gasteiger partial charge in [0, 0.05) is 6.20 Å². The minimum atomic E-state index is -0.952. The summed E-state index contributed by atoms with van der Waals surface area (Å²) in [6, 6.07) is 1.53. The molecule has 0 aliphatic carbocycles. The molecule has 0 radical (unpaired) electrons. The van der Waals surface area contributed by atoms with Crippen LogP contribution in [-0.4, -0.2) is 21.0 Å². The highest BCUT2D eigenvalue weighted by Gasteiger charge is 2.23. The number of aromatic amines is 1. The Bertz CT molecular complexity index is 641. The van der Waals surface area contributed by atoms with Gasteiger partial charge < -0.3 is 11.1 Å². The highest BCUT2D eigenvalue weighted by Crippen LogP contribution is 2.25. The fourth-order valence-corrected chi connectivity index (χ4v) is 1.43. The summed E-state index contributed by atoms with van der Waals surface area (Å²) in [5.74, 6) is -1.73. The largest absolute Gasteiger partial charge is 0.396 e. The molecule has 0 aliphatic rings. The molecule has 1 aromatic carbocycles. The van der Waals surface area contributed by atoms with Crippen molar-refractivity contribution >= 4 is 23.0 Å². The molecule has 1 amide bonds. The summed E-state index contributed by atoms with van der Waals surface area (Å²) in [7, 11) is 0. The standard InChI is InChI=1S/C10H8FN5O3/c11-7-2-9(16(18)19)6(1-8(7)12)10(17)15-5-3-13-14-4-5/h1-4H,12H2,(H,13,14)(H,15,17). The first kappa shape index (κ1) is 12.5. The maximum atomic E-state index is 13.2. The minimum Gasteiger partial charge on any atom is -0.396 e. The van der Waals surface area contributed by atoms with Crippen molar-refractivity contribution < 1.29 is 14.1 Å². The molecule has 0 fully saturated rings. The summed E-state index contributed by atoms with van der Waals surface area (Å²) in [4.78, 5) is 21.8. The number of H-pyrrole nitrogens is 1. The lowest BCUT2D eigenvalue weighted by atomic mass is 10.1. The van der Waals surface area contributed by atoms with E-state index in [-0.39, 0.29) is 11.3 Å². The van der Waals surface area contributed by atoms with Gasteiger partial charge in [0.25, 0.3) is 11.6 Å². The van der Waals surface area contributed by atoms with Gasteiger partial charge in [0.15, 0.2) is 5.82 Å². The number of nitrogens with zero attached hydrogens (tertiary/aromatic N) is 2. The fourth-order valence-electron chi connectivity index (χ4n) is 1.43. The first-order chi connectivity index (χ1) is 8.99.